The summed E-state index contributed by atoms with van der Waals surface area (Å²) in [4.78, 5) is 12.8. The molecule has 0 saturated heterocycles. The maximum absolute atomic E-state index is 11.7. The van der Waals surface area contributed by atoms with E-state index in [1.807, 2.05) is 32.2 Å². The Kier molecular flexibility index (Phi) is 3.22. The van der Waals surface area contributed by atoms with Crippen LogP contribution >= 0.6 is 11.3 Å². The molecule has 0 aromatic carbocycles. The smallest absolute Gasteiger partial charge is 0.180 e. The predicted molar refractivity (Wildman–Crippen MR) is 56.2 cm³/mol. The Labute approximate surface area is 82.8 Å². The van der Waals surface area contributed by atoms with Crippen molar-refractivity contribution in [2.45, 2.75) is 26.8 Å². The van der Waals surface area contributed by atoms with Crippen LogP contribution in [0.3, 0.4) is 0 Å². The summed E-state index contributed by atoms with van der Waals surface area (Å²) in [5.74, 6) is 0.257. The number of nitrogens with two attached hydrogens (primary N) is 1. The Balaban J connectivity index is 2.79. The molecular weight excluding hydrogens is 182 g/mol. The number of Topliss-reactive ketones (excluding diaryl/α,β-unsaturated/α-hetero) is 1. The van der Waals surface area contributed by atoms with Crippen molar-refractivity contribution < 1.29 is 4.79 Å². The molecule has 2 nitrogen and oxygen atoms in total. The van der Waals surface area contributed by atoms with Gasteiger partial charge in [0.15, 0.2) is 5.78 Å². The fourth-order valence-electron chi connectivity index (χ4n) is 1.07. The van der Waals surface area contributed by atoms with Crippen LogP contribution < -0.4 is 5.73 Å². The molecule has 1 atom stereocenters. The highest BCUT2D eigenvalue weighted by atomic mass is 32.1. The van der Waals surface area contributed by atoms with Gasteiger partial charge in [0.1, 0.15) is 0 Å². The number of carbonyl (C=O) groups is 1. The van der Waals surface area contributed by atoms with Gasteiger partial charge in [0.25, 0.3) is 0 Å². The summed E-state index contributed by atoms with van der Waals surface area (Å²) in [5.41, 5.74) is 6.51. The molecule has 0 amide bonds. The van der Waals surface area contributed by atoms with Crippen LogP contribution in [0.25, 0.3) is 0 Å². The highest BCUT2D eigenvalue weighted by Gasteiger charge is 2.19. The second-order valence-electron chi connectivity index (χ2n) is 3.58. The minimum atomic E-state index is -0.367. The maximum Gasteiger partial charge on any atom is 0.180 e. The third kappa shape index (κ3) is 2.39. The molecule has 0 aliphatic rings. The van der Waals surface area contributed by atoms with Gasteiger partial charge in [-0.1, -0.05) is 13.8 Å². The highest BCUT2D eigenvalue weighted by molar-refractivity contribution is 7.10. The summed E-state index contributed by atoms with van der Waals surface area (Å²) < 4.78 is 0. The highest BCUT2D eigenvalue weighted by Crippen LogP contribution is 2.16. The third-order valence-corrected chi connectivity index (χ3v) is 2.90. The van der Waals surface area contributed by atoms with E-state index in [9.17, 15) is 4.79 Å². The number of thiophene rings is 1. The van der Waals surface area contributed by atoms with Crippen molar-refractivity contribution in [2.24, 2.45) is 11.7 Å². The lowest BCUT2D eigenvalue weighted by Crippen LogP contribution is -2.35. The summed E-state index contributed by atoms with van der Waals surface area (Å²) in [5, 5.41) is 1.87. The Morgan fingerprint density at radius 1 is 1.54 bits per heavy atom. The number of ketones is 1. The Morgan fingerprint density at radius 3 is 2.54 bits per heavy atom. The second-order valence-corrected chi connectivity index (χ2v) is 4.70. The monoisotopic (exact) mass is 197 g/mol. The Bertz CT molecular complexity index is 304. The van der Waals surface area contributed by atoms with Crippen LogP contribution in [-0.4, -0.2) is 11.8 Å². The summed E-state index contributed by atoms with van der Waals surface area (Å²) in [7, 11) is 0. The molecule has 1 unspecified atom stereocenters. The van der Waals surface area contributed by atoms with Gasteiger partial charge in [-0.05, 0) is 18.9 Å². The molecule has 1 heterocycles. The third-order valence-electron chi connectivity index (χ3n) is 2.04. The van der Waals surface area contributed by atoms with Gasteiger partial charge in [-0.3, -0.25) is 4.79 Å². The molecule has 0 saturated carbocycles. The summed E-state index contributed by atoms with van der Waals surface area (Å²) >= 11 is 1.59. The number of hydrogen-bond donors (Lipinski definition) is 1. The van der Waals surface area contributed by atoms with E-state index in [1.165, 1.54) is 0 Å². The van der Waals surface area contributed by atoms with Crippen molar-refractivity contribution in [3.8, 4) is 0 Å². The lowest BCUT2D eigenvalue weighted by Gasteiger charge is -2.12. The first kappa shape index (κ1) is 10.4. The van der Waals surface area contributed by atoms with Gasteiger partial charge in [-0.15, -0.1) is 11.3 Å². The molecule has 2 N–H and O–H groups in total. The molecule has 0 aliphatic carbocycles. The molecule has 0 aliphatic heterocycles. The zero-order valence-corrected chi connectivity index (χ0v) is 9.02. The number of rotatable bonds is 3. The van der Waals surface area contributed by atoms with Gasteiger partial charge in [-0.25, -0.2) is 0 Å². The average molecular weight is 197 g/mol. The van der Waals surface area contributed by atoms with Crippen LogP contribution in [0.5, 0.6) is 0 Å². The van der Waals surface area contributed by atoms with Crippen molar-refractivity contribution in [3.63, 3.8) is 0 Å². The summed E-state index contributed by atoms with van der Waals surface area (Å²) in [6, 6.07) is 1.53. The van der Waals surface area contributed by atoms with Crippen LogP contribution in [0.15, 0.2) is 11.4 Å². The molecule has 0 fully saturated rings. The fraction of sp³-hybridized carbons (Fsp3) is 0.500. The SMILES string of the molecule is Cc1cc(C(=O)C(N)C(C)C)cs1. The van der Waals surface area contributed by atoms with Crippen LogP contribution in [-0.2, 0) is 0 Å². The lowest BCUT2D eigenvalue weighted by molar-refractivity contribution is 0.0941. The van der Waals surface area contributed by atoms with Crippen molar-refractivity contribution in [1.29, 1.82) is 0 Å². The van der Waals surface area contributed by atoms with Gasteiger partial charge >= 0.3 is 0 Å². The minimum Gasteiger partial charge on any atom is -0.321 e. The maximum atomic E-state index is 11.7. The second kappa shape index (κ2) is 4.03. The van der Waals surface area contributed by atoms with Gasteiger partial charge in [0, 0.05) is 15.8 Å². The van der Waals surface area contributed by atoms with Crippen molar-refractivity contribution in [3.05, 3.63) is 21.9 Å². The molecule has 3 heteroatoms. The molecular formula is C10H15NOS. The Hall–Kier alpha value is -0.670. The van der Waals surface area contributed by atoms with E-state index in [0.717, 1.165) is 10.4 Å². The summed E-state index contributed by atoms with van der Waals surface area (Å²) in [6.45, 7) is 5.91. The van der Waals surface area contributed by atoms with E-state index in [0.29, 0.717) is 0 Å². The van der Waals surface area contributed by atoms with Gasteiger partial charge in [0.2, 0.25) is 0 Å². The molecule has 1 rings (SSSR count). The van der Waals surface area contributed by atoms with E-state index >= 15 is 0 Å². The molecule has 1 aromatic heterocycles. The average Bonchev–Trinajstić information content (AvgIpc) is 2.49. The van der Waals surface area contributed by atoms with E-state index in [-0.39, 0.29) is 17.7 Å². The minimum absolute atomic E-state index is 0.0550. The van der Waals surface area contributed by atoms with E-state index in [2.05, 4.69) is 0 Å². The number of hydrogen-bond acceptors (Lipinski definition) is 3. The number of carbonyl (C=O) groups excluding carboxylic acids is 1. The van der Waals surface area contributed by atoms with Gasteiger partial charge in [0.05, 0.1) is 6.04 Å². The first-order valence-corrected chi connectivity index (χ1v) is 5.25. The first-order chi connectivity index (χ1) is 6.02. The molecule has 0 radical (unpaired) electrons. The van der Waals surface area contributed by atoms with Gasteiger partial charge < -0.3 is 5.73 Å². The lowest BCUT2D eigenvalue weighted by atomic mass is 9.97. The predicted octanol–water partition coefficient (Wildman–Crippen LogP) is 2.22. The first-order valence-electron chi connectivity index (χ1n) is 4.37. The quantitative estimate of drug-likeness (QED) is 0.755. The van der Waals surface area contributed by atoms with Crippen molar-refractivity contribution in [1.82, 2.24) is 0 Å². The summed E-state index contributed by atoms with van der Waals surface area (Å²) in [6.07, 6.45) is 0. The van der Waals surface area contributed by atoms with Gasteiger partial charge in [-0.2, -0.15) is 0 Å². The molecule has 0 spiro atoms. The van der Waals surface area contributed by atoms with Crippen LogP contribution in [0.1, 0.15) is 29.1 Å². The van der Waals surface area contributed by atoms with E-state index in [4.69, 9.17) is 5.73 Å². The van der Waals surface area contributed by atoms with Crippen LogP contribution in [0.4, 0.5) is 0 Å². The standard InChI is InChI=1S/C10H15NOS/c1-6(2)9(11)10(12)8-4-7(3)13-5-8/h4-6,9H,11H2,1-3H3. The molecule has 72 valence electrons. The topological polar surface area (TPSA) is 43.1 Å². The van der Waals surface area contributed by atoms with E-state index in [1.54, 1.807) is 11.3 Å². The normalized spacial score (nSPS) is 13.3. The Morgan fingerprint density at radius 2 is 2.15 bits per heavy atom. The molecule has 1 aromatic rings. The molecule has 0 bridgehead atoms. The number of aryl methyl sites for hydroxylation is 1. The van der Waals surface area contributed by atoms with Crippen LogP contribution in [0.2, 0.25) is 0 Å². The van der Waals surface area contributed by atoms with Crippen molar-refractivity contribution in [2.75, 3.05) is 0 Å². The molecule has 13 heavy (non-hydrogen) atoms. The fourth-order valence-corrected chi connectivity index (χ4v) is 1.76. The van der Waals surface area contributed by atoms with E-state index < -0.39 is 0 Å². The van der Waals surface area contributed by atoms with Crippen molar-refractivity contribution >= 4 is 17.1 Å². The zero-order chi connectivity index (χ0) is 10.0. The largest absolute Gasteiger partial charge is 0.321 e. The van der Waals surface area contributed by atoms with Crippen LogP contribution in [0, 0.1) is 12.8 Å². The zero-order valence-electron chi connectivity index (χ0n) is 8.20.